The molecule has 0 fully saturated rings. The summed E-state index contributed by atoms with van der Waals surface area (Å²) in [6.07, 6.45) is 2.03. The molecular formula is C41H24N2S. The maximum Gasteiger partial charge on any atom is 0.124 e. The van der Waals surface area contributed by atoms with Crippen molar-refractivity contribution in [1.82, 2.24) is 9.55 Å². The molecule has 10 rings (SSSR count). The SMILES string of the molecule is c1cc(-c2cnc3sc4cc5c6ccccc6c6ccccc6c5cc4c3c2)cc(-n2c3ccccc3c3ccccc32)c1. The Labute approximate surface area is 257 Å². The smallest absolute Gasteiger partial charge is 0.124 e. The molecule has 0 radical (unpaired) electrons. The molecule has 0 bridgehead atoms. The van der Waals surface area contributed by atoms with E-state index in [1.807, 2.05) is 6.20 Å². The van der Waals surface area contributed by atoms with Gasteiger partial charge in [0.1, 0.15) is 4.83 Å². The van der Waals surface area contributed by atoms with Gasteiger partial charge in [-0.1, -0.05) is 97.1 Å². The van der Waals surface area contributed by atoms with Gasteiger partial charge in [-0.15, -0.1) is 11.3 Å². The lowest BCUT2D eigenvalue weighted by Gasteiger charge is -2.11. The Morgan fingerprint density at radius 3 is 1.64 bits per heavy atom. The maximum absolute atomic E-state index is 5.01. The van der Waals surface area contributed by atoms with Crippen molar-refractivity contribution < 1.29 is 0 Å². The molecule has 0 spiro atoms. The lowest BCUT2D eigenvalue weighted by molar-refractivity contribution is 1.18. The van der Waals surface area contributed by atoms with Crippen molar-refractivity contribution in [3.05, 3.63) is 146 Å². The van der Waals surface area contributed by atoms with Crippen LogP contribution in [-0.4, -0.2) is 9.55 Å². The molecule has 3 heteroatoms. The fourth-order valence-electron chi connectivity index (χ4n) is 7.24. The van der Waals surface area contributed by atoms with E-state index in [0.717, 1.165) is 21.6 Å². The van der Waals surface area contributed by atoms with E-state index in [2.05, 4.69) is 144 Å². The van der Waals surface area contributed by atoms with E-state index in [-0.39, 0.29) is 0 Å². The average Bonchev–Trinajstić information content (AvgIpc) is 3.62. The Hall–Kier alpha value is -5.51. The molecular weight excluding hydrogens is 553 g/mol. The summed E-state index contributed by atoms with van der Waals surface area (Å²) in [5.41, 5.74) is 5.88. The molecule has 3 aromatic heterocycles. The van der Waals surface area contributed by atoms with Crippen LogP contribution in [0.3, 0.4) is 0 Å². The largest absolute Gasteiger partial charge is 0.309 e. The minimum atomic E-state index is 1.08. The van der Waals surface area contributed by atoms with E-state index in [1.54, 1.807) is 11.3 Å². The summed E-state index contributed by atoms with van der Waals surface area (Å²) >= 11 is 1.78. The zero-order valence-electron chi connectivity index (χ0n) is 23.7. The summed E-state index contributed by atoms with van der Waals surface area (Å²) in [4.78, 5) is 6.09. The van der Waals surface area contributed by atoms with Crippen molar-refractivity contribution in [2.24, 2.45) is 0 Å². The van der Waals surface area contributed by atoms with E-state index in [0.29, 0.717) is 0 Å². The summed E-state index contributed by atoms with van der Waals surface area (Å²) in [6, 6.07) is 50.9. The predicted octanol–water partition coefficient (Wildman–Crippen LogP) is 11.7. The van der Waals surface area contributed by atoms with Crippen molar-refractivity contribution in [3.63, 3.8) is 0 Å². The van der Waals surface area contributed by atoms with Gasteiger partial charge >= 0.3 is 0 Å². The molecule has 3 heterocycles. The van der Waals surface area contributed by atoms with Gasteiger partial charge in [0.15, 0.2) is 0 Å². The van der Waals surface area contributed by atoms with Crippen LogP contribution in [0.4, 0.5) is 0 Å². The number of hydrogen-bond acceptors (Lipinski definition) is 2. The van der Waals surface area contributed by atoms with Crippen molar-refractivity contribution in [2.45, 2.75) is 0 Å². The first-order valence-corrected chi connectivity index (χ1v) is 15.8. The molecule has 0 aliphatic heterocycles. The number of thiophene rings is 1. The topological polar surface area (TPSA) is 17.8 Å². The van der Waals surface area contributed by atoms with Gasteiger partial charge in [0.05, 0.1) is 11.0 Å². The number of fused-ring (bicyclic) bond motifs is 12. The Bertz CT molecular complexity index is 2730. The quantitative estimate of drug-likeness (QED) is 0.187. The van der Waals surface area contributed by atoms with Crippen LogP contribution in [0, 0.1) is 0 Å². The number of aromatic nitrogens is 2. The Balaban J connectivity index is 1.20. The molecule has 0 N–H and O–H groups in total. The Morgan fingerprint density at radius 2 is 0.977 bits per heavy atom. The van der Waals surface area contributed by atoms with Gasteiger partial charge in [-0.25, -0.2) is 4.98 Å². The second kappa shape index (κ2) is 9.00. The van der Waals surface area contributed by atoms with Crippen LogP contribution in [0.25, 0.3) is 91.2 Å². The van der Waals surface area contributed by atoms with Crippen LogP contribution < -0.4 is 0 Å². The second-order valence-corrected chi connectivity index (χ2v) is 12.6. The first kappa shape index (κ1) is 24.0. The van der Waals surface area contributed by atoms with Gasteiger partial charge in [-0.2, -0.15) is 0 Å². The van der Waals surface area contributed by atoms with Crippen molar-refractivity contribution >= 4 is 85.8 Å². The van der Waals surface area contributed by atoms with Crippen molar-refractivity contribution in [3.8, 4) is 16.8 Å². The summed E-state index contributed by atoms with van der Waals surface area (Å²) in [5.74, 6) is 0. The highest BCUT2D eigenvalue weighted by Crippen LogP contribution is 2.42. The van der Waals surface area contributed by atoms with Crippen molar-refractivity contribution in [2.75, 3.05) is 0 Å². The van der Waals surface area contributed by atoms with Gasteiger partial charge in [-0.3, -0.25) is 0 Å². The monoisotopic (exact) mass is 576 g/mol. The first-order valence-electron chi connectivity index (χ1n) is 15.0. The number of rotatable bonds is 2. The van der Waals surface area contributed by atoms with Crippen LogP contribution >= 0.6 is 11.3 Å². The van der Waals surface area contributed by atoms with E-state index in [9.17, 15) is 0 Å². The number of para-hydroxylation sites is 2. The molecule has 0 aliphatic carbocycles. The van der Waals surface area contributed by atoms with Gasteiger partial charge in [0, 0.05) is 43.7 Å². The first-order chi connectivity index (χ1) is 21.8. The third-order valence-electron chi connectivity index (χ3n) is 9.21. The van der Waals surface area contributed by atoms with Crippen LogP contribution in [0.1, 0.15) is 0 Å². The van der Waals surface area contributed by atoms with E-state index < -0.39 is 0 Å². The Kier molecular flexibility index (Phi) is 4.90. The zero-order chi connectivity index (χ0) is 28.8. The molecule has 10 aromatic rings. The highest BCUT2D eigenvalue weighted by molar-refractivity contribution is 7.25. The summed E-state index contributed by atoms with van der Waals surface area (Å²) in [7, 11) is 0. The highest BCUT2D eigenvalue weighted by atomic mass is 32.1. The van der Waals surface area contributed by atoms with Gasteiger partial charge in [0.25, 0.3) is 0 Å². The lowest BCUT2D eigenvalue weighted by Crippen LogP contribution is -1.94. The number of nitrogens with zero attached hydrogens (tertiary/aromatic N) is 2. The second-order valence-electron chi connectivity index (χ2n) is 11.6. The molecule has 0 saturated heterocycles. The van der Waals surface area contributed by atoms with E-state index in [1.165, 1.54) is 69.6 Å². The minimum Gasteiger partial charge on any atom is -0.309 e. The van der Waals surface area contributed by atoms with Crippen molar-refractivity contribution in [1.29, 1.82) is 0 Å². The van der Waals surface area contributed by atoms with E-state index in [4.69, 9.17) is 4.98 Å². The fourth-order valence-corrected chi connectivity index (χ4v) is 8.29. The molecule has 0 amide bonds. The molecule has 2 nitrogen and oxygen atoms in total. The third-order valence-corrected chi connectivity index (χ3v) is 10.3. The van der Waals surface area contributed by atoms with Crippen LogP contribution in [0.2, 0.25) is 0 Å². The Morgan fingerprint density at radius 1 is 0.409 bits per heavy atom. The highest BCUT2D eigenvalue weighted by Gasteiger charge is 2.15. The third kappa shape index (κ3) is 3.33. The van der Waals surface area contributed by atoms with Crippen LogP contribution in [0.15, 0.2) is 146 Å². The number of benzene rings is 7. The van der Waals surface area contributed by atoms with Gasteiger partial charge in [-0.05, 0) is 80.3 Å². The zero-order valence-corrected chi connectivity index (χ0v) is 24.5. The maximum atomic E-state index is 5.01. The van der Waals surface area contributed by atoms with E-state index >= 15 is 0 Å². The van der Waals surface area contributed by atoms with Crippen LogP contribution in [-0.2, 0) is 0 Å². The molecule has 7 aromatic carbocycles. The normalized spacial score (nSPS) is 12.1. The number of pyridine rings is 1. The summed E-state index contributed by atoms with van der Waals surface area (Å²) < 4.78 is 3.65. The molecule has 0 unspecified atom stereocenters. The summed E-state index contributed by atoms with van der Waals surface area (Å²) in [5, 5.41) is 12.8. The lowest BCUT2D eigenvalue weighted by atomic mass is 9.93. The molecule has 44 heavy (non-hydrogen) atoms. The molecule has 0 aliphatic rings. The van der Waals surface area contributed by atoms with Crippen LogP contribution in [0.5, 0.6) is 0 Å². The molecule has 204 valence electrons. The minimum absolute atomic E-state index is 1.08. The average molecular weight is 577 g/mol. The molecule has 0 atom stereocenters. The standard InChI is InChI=1S/C41H24N2S/c1-3-14-30-28(12-1)29-13-2-4-15-31(29)35-23-40-36(22-34(30)35)37-21-26(24-42-41(37)44-40)25-10-9-11-27(20-25)43-38-18-7-5-16-32(38)33-17-6-8-19-39(33)43/h1-24H. The number of hydrogen-bond donors (Lipinski definition) is 0. The summed E-state index contributed by atoms with van der Waals surface area (Å²) in [6.45, 7) is 0. The predicted molar refractivity (Wildman–Crippen MR) is 189 cm³/mol. The van der Waals surface area contributed by atoms with Gasteiger partial charge < -0.3 is 4.57 Å². The molecule has 0 saturated carbocycles. The van der Waals surface area contributed by atoms with Gasteiger partial charge in [0.2, 0.25) is 0 Å². The fraction of sp³-hybridized carbons (Fsp3) is 0.